The molecule has 0 bridgehead atoms. The number of nitrogens with zero attached hydrogens (tertiary/aromatic N) is 2. The predicted octanol–water partition coefficient (Wildman–Crippen LogP) is 5.08. The molecule has 0 spiro atoms. The molecule has 4 nitrogen and oxygen atoms in total. The first-order chi connectivity index (χ1) is 11.0. The summed E-state index contributed by atoms with van der Waals surface area (Å²) >= 11 is 8.18. The molecule has 0 saturated carbocycles. The fourth-order valence-electron chi connectivity index (χ4n) is 2.11. The van der Waals surface area contributed by atoms with E-state index in [1.165, 1.54) is 11.3 Å². The zero-order valence-electron chi connectivity index (χ0n) is 12.2. The van der Waals surface area contributed by atoms with Crippen molar-refractivity contribution in [3.63, 3.8) is 0 Å². The minimum atomic E-state index is -0.111. The molecule has 0 unspecified atom stereocenters. The molecule has 0 aliphatic heterocycles. The first kappa shape index (κ1) is 16.4. The van der Waals surface area contributed by atoms with Gasteiger partial charge in [-0.1, -0.05) is 12.1 Å². The standard InChI is InChI=1S/C16H13Br2N3OS/c1-10-19-6-7-21(10)9-11-2-4-12(5-3-11)20-16(22)14-8-13(17)15(18)23-14/h2-8H,9H2,1H3,(H,20,22). The number of hydrogen-bond acceptors (Lipinski definition) is 3. The molecular weight excluding hydrogens is 442 g/mol. The summed E-state index contributed by atoms with van der Waals surface area (Å²) in [7, 11) is 0. The van der Waals surface area contributed by atoms with Crippen LogP contribution in [0.4, 0.5) is 5.69 Å². The fraction of sp³-hybridized carbons (Fsp3) is 0.125. The maximum atomic E-state index is 12.2. The molecule has 2 heterocycles. The van der Waals surface area contributed by atoms with E-state index in [4.69, 9.17) is 0 Å². The van der Waals surface area contributed by atoms with Gasteiger partial charge in [0.2, 0.25) is 0 Å². The Hall–Kier alpha value is -1.44. The Morgan fingerprint density at radius 1 is 1.30 bits per heavy atom. The lowest BCUT2D eigenvalue weighted by Gasteiger charge is -2.07. The number of hydrogen-bond donors (Lipinski definition) is 1. The SMILES string of the molecule is Cc1nccn1Cc1ccc(NC(=O)c2cc(Br)c(Br)s2)cc1. The van der Waals surface area contributed by atoms with Crippen LogP contribution in [0.2, 0.25) is 0 Å². The highest BCUT2D eigenvalue weighted by molar-refractivity contribution is 9.13. The summed E-state index contributed by atoms with van der Waals surface area (Å²) in [4.78, 5) is 17.1. The summed E-state index contributed by atoms with van der Waals surface area (Å²) in [5.74, 6) is 0.871. The molecule has 23 heavy (non-hydrogen) atoms. The Labute approximate surface area is 154 Å². The monoisotopic (exact) mass is 453 g/mol. The average molecular weight is 455 g/mol. The second-order valence-corrected chi connectivity index (χ2v) is 8.21. The number of halogens is 2. The Morgan fingerprint density at radius 3 is 2.61 bits per heavy atom. The van der Waals surface area contributed by atoms with E-state index in [-0.39, 0.29) is 5.91 Å². The summed E-state index contributed by atoms with van der Waals surface area (Å²) in [6.07, 6.45) is 3.75. The molecule has 2 aromatic heterocycles. The zero-order chi connectivity index (χ0) is 16.4. The van der Waals surface area contributed by atoms with Gasteiger partial charge in [0.15, 0.2) is 0 Å². The number of carbonyl (C=O) groups is 1. The van der Waals surface area contributed by atoms with E-state index in [0.717, 1.165) is 31.9 Å². The van der Waals surface area contributed by atoms with Crippen molar-refractivity contribution in [2.45, 2.75) is 13.5 Å². The van der Waals surface area contributed by atoms with Gasteiger partial charge in [-0.3, -0.25) is 4.79 Å². The summed E-state index contributed by atoms with van der Waals surface area (Å²) in [6, 6.07) is 9.65. The van der Waals surface area contributed by atoms with Gasteiger partial charge < -0.3 is 9.88 Å². The van der Waals surface area contributed by atoms with E-state index in [9.17, 15) is 4.79 Å². The van der Waals surface area contributed by atoms with Crippen LogP contribution in [0.3, 0.4) is 0 Å². The van der Waals surface area contributed by atoms with Crippen molar-refractivity contribution >= 4 is 54.8 Å². The average Bonchev–Trinajstić information content (AvgIpc) is 3.08. The van der Waals surface area contributed by atoms with E-state index in [1.807, 2.05) is 37.4 Å². The molecule has 1 aromatic carbocycles. The van der Waals surface area contributed by atoms with Gasteiger partial charge in [0, 0.05) is 29.1 Å². The van der Waals surface area contributed by atoms with E-state index in [2.05, 4.69) is 46.7 Å². The van der Waals surface area contributed by atoms with E-state index >= 15 is 0 Å². The van der Waals surface area contributed by atoms with Crippen molar-refractivity contribution in [2.75, 3.05) is 5.32 Å². The van der Waals surface area contributed by atoms with Gasteiger partial charge in [0.1, 0.15) is 5.82 Å². The van der Waals surface area contributed by atoms with Crippen LogP contribution in [0.1, 0.15) is 21.1 Å². The van der Waals surface area contributed by atoms with E-state index < -0.39 is 0 Å². The van der Waals surface area contributed by atoms with Crippen molar-refractivity contribution in [1.82, 2.24) is 9.55 Å². The minimum absolute atomic E-state index is 0.111. The normalized spacial score (nSPS) is 10.7. The number of carbonyl (C=O) groups excluding carboxylic acids is 1. The molecule has 0 aliphatic carbocycles. The van der Waals surface area contributed by atoms with Gasteiger partial charge in [0.05, 0.1) is 8.66 Å². The molecule has 1 amide bonds. The molecule has 0 atom stereocenters. The zero-order valence-corrected chi connectivity index (χ0v) is 16.2. The van der Waals surface area contributed by atoms with Crippen LogP contribution in [0.5, 0.6) is 0 Å². The molecule has 0 radical (unpaired) electrons. The molecule has 3 aromatic rings. The highest BCUT2D eigenvalue weighted by Crippen LogP contribution is 2.32. The maximum Gasteiger partial charge on any atom is 0.265 e. The summed E-state index contributed by atoms with van der Waals surface area (Å²) in [5, 5.41) is 2.91. The number of imidazole rings is 1. The van der Waals surface area contributed by atoms with Crippen LogP contribution in [-0.2, 0) is 6.54 Å². The summed E-state index contributed by atoms with van der Waals surface area (Å²) < 4.78 is 3.88. The number of aromatic nitrogens is 2. The highest BCUT2D eigenvalue weighted by atomic mass is 79.9. The van der Waals surface area contributed by atoms with Gasteiger partial charge >= 0.3 is 0 Å². The number of nitrogens with one attached hydrogen (secondary N) is 1. The number of rotatable bonds is 4. The third kappa shape index (κ3) is 3.91. The van der Waals surface area contributed by atoms with Gasteiger partial charge in [0.25, 0.3) is 5.91 Å². The van der Waals surface area contributed by atoms with Crippen molar-refractivity contribution in [3.05, 3.63) is 67.2 Å². The molecular formula is C16H13Br2N3OS. The van der Waals surface area contributed by atoms with Crippen molar-refractivity contribution in [3.8, 4) is 0 Å². The molecule has 118 valence electrons. The molecule has 0 aliphatic rings. The van der Waals surface area contributed by atoms with E-state index in [0.29, 0.717) is 4.88 Å². The lowest BCUT2D eigenvalue weighted by molar-refractivity contribution is 0.103. The highest BCUT2D eigenvalue weighted by Gasteiger charge is 2.12. The third-order valence-electron chi connectivity index (χ3n) is 3.36. The van der Waals surface area contributed by atoms with Crippen molar-refractivity contribution in [2.24, 2.45) is 0 Å². The van der Waals surface area contributed by atoms with Crippen LogP contribution in [0.15, 0.2) is 51.0 Å². The number of anilines is 1. The lowest BCUT2D eigenvalue weighted by atomic mass is 10.2. The number of aryl methyl sites for hydroxylation is 1. The smallest absolute Gasteiger partial charge is 0.265 e. The van der Waals surface area contributed by atoms with Crippen LogP contribution in [-0.4, -0.2) is 15.5 Å². The van der Waals surface area contributed by atoms with Crippen LogP contribution < -0.4 is 5.32 Å². The van der Waals surface area contributed by atoms with Gasteiger partial charge in [-0.15, -0.1) is 11.3 Å². The van der Waals surface area contributed by atoms with Crippen LogP contribution >= 0.6 is 43.2 Å². The van der Waals surface area contributed by atoms with E-state index in [1.54, 1.807) is 12.3 Å². The molecule has 3 rings (SSSR count). The molecule has 0 saturated heterocycles. The Kier molecular flexibility index (Phi) is 4.99. The number of amides is 1. The van der Waals surface area contributed by atoms with Gasteiger partial charge in [-0.2, -0.15) is 0 Å². The van der Waals surface area contributed by atoms with Crippen LogP contribution in [0, 0.1) is 6.92 Å². The summed E-state index contributed by atoms with van der Waals surface area (Å²) in [6.45, 7) is 2.75. The third-order valence-corrected chi connectivity index (χ3v) is 6.61. The van der Waals surface area contributed by atoms with Crippen LogP contribution in [0.25, 0.3) is 0 Å². The predicted molar refractivity (Wildman–Crippen MR) is 100 cm³/mol. The molecule has 0 fully saturated rings. The number of thiophene rings is 1. The Balaban J connectivity index is 1.67. The fourth-order valence-corrected chi connectivity index (χ4v) is 4.04. The minimum Gasteiger partial charge on any atom is -0.331 e. The second kappa shape index (κ2) is 6.98. The molecule has 7 heteroatoms. The lowest BCUT2D eigenvalue weighted by Crippen LogP contribution is -2.10. The number of benzene rings is 1. The van der Waals surface area contributed by atoms with Gasteiger partial charge in [-0.05, 0) is 62.5 Å². The quantitative estimate of drug-likeness (QED) is 0.597. The van der Waals surface area contributed by atoms with Crippen molar-refractivity contribution < 1.29 is 4.79 Å². The Morgan fingerprint density at radius 2 is 2.04 bits per heavy atom. The maximum absolute atomic E-state index is 12.2. The summed E-state index contributed by atoms with van der Waals surface area (Å²) in [5.41, 5.74) is 1.94. The Bertz CT molecular complexity index is 820. The van der Waals surface area contributed by atoms with Gasteiger partial charge in [-0.25, -0.2) is 4.98 Å². The topological polar surface area (TPSA) is 46.9 Å². The van der Waals surface area contributed by atoms with Crippen molar-refractivity contribution in [1.29, 1.82) is 0 Å². The molecule has 1 N–H and O–H groups in total. The first-order valence-electron chi connectivity index (χ1n) is 6.86. The first-order valence-corrected chi connectivity index (χ1v) is 9.26. The largest absolute Gasteiger partial charge is 0.331 e. The second-order valence-electron chi connectivity index (χ2n) is 4.99.